The van der Waals surface area contributed by atoms with Crippen molar-refractivity contribution in [2.75, 3.05) is 0 Å². The van der Waals surface area contributed by atoms with Crippen LogP contribution in [0.2, 0.25) is 0 Å². The van der Waals surface area contributed by atoms with Crippen LogP contribution in [-0.4, -0.2) is 21.9 Å². The predicted molar refractivity (Wildman–Crippen MR) is 67.7 cm³/mol. The summed E-state index contributed by atoms with van der Waals surface area (Å²) < 4.78 is 0. The van der Waals surface area contributed by atoms with Crippen LogP contribution in [0.3, 0.4) is 0 Å². The number of rotatable bonds is 4. The summed E-state index contributed by atoms with van der Waals surface area (Å²) in [6.07, 6.45) is 1.24. The molecule has 2 aromatic rings. The molecule has 1 aromatic carbocycles. The number of imidazole rings is 1. The van der Waals surface area contributed by atoms with Crippen molar-refractivity contribution in [3.05, 3.63) is 30.1 Å². The molecule has 0 saturated heterocycles. The van der Waals surface area contributed by atoms with Gasteiger partial charge in [0.2, 0.25) is 5.91 Å². The van der Waals surface area contributed by atoms with Crippen molar-refractivity contribution in [3.63, 3.8) is 0 Å². The van der Waals surface area contributed by atoms with Crippen LogP contribution in [0.4, 0.5) is 0 Å². The number of H-pyrrole nitrogens is 1. The first-order valence-corrected chi connectivity index (χ1v) is 5.92. The Labute approximate surface area is 100 Å². The molecular weight excluding hydrogens is 214 g/mol. The Hall–Kier alpha value is -1.84. The molecule has 17 heavy (non-hydrogen) atoms. The first kappa shape index (κ1) is 11.6. The van der Waals surface area contributed by atoms with Crippen LogP contribution in [0, 0.1) is 0 Å². The number of carbonyl (C=O) groups excluding carboxylic acids is 1. The molecule has 0 spiro atoms. The van der Waals surface area contributed by atoms with Gasteiger partial charge in [0.1, 0.15) is 5.82 Å². The number of carbonyl (C=O) groups is 1. The second kappa shape index (κ2) is 4.99. The van der Waals surface area contributed by atoms with Crippen LogP contribution in [0.25, 0.3) is 11.0 Å². The van der Waals surface area contributed by atoms with Crippen molar-refractivity contribution in [2.45, 2.75) is 32.7 Å². The van der Waals surface area contributed by atoms with Crippen molar-refractivity contribution < 1.29 is 4.79 Å². The van der Waals surface area contributed by atoms with Crippen LogP contribution in [0.15, 0.2) is 24.3 Å². The van der Waals surface area contributed by atoms with Gasteiger partial charge in [-0.3, -0.25) is 4.79 Å². The Bertz CT molecular complexity index is 485. The Balaban J connectivity index is 2.05. The van der Waals surface area contributed by atoms with E-state index in [1.54, 1.807) is 0 Å². The molecule has 1 atom stereocenters. The highest BCUT2D eigenvalue weighted by atomic mass is 16.1. The molecule has 1 amide bonds. The second-order valence-corrected chi connectivity index (χ2v) is 4.25. The lowest BCUT2D eigenvalue weighted by Crippen LogP contribution is -2.33. The first-order valence-electron chi connectivity index (χ1n) is 5.92. The summed E-state index contributed by atoms with van der Waals surface area (Å²) in [5.74, 6) is 0.727. The Morgan fingerprint density at radius 3 is 2.94 bits per heavy atom. The molecule has 0 bridgehead atoms. The Kier molecular flexibility index (Phi) is 3.42. The Morgan fingerprint density at radius 2 is 2.24 bits per heavy atom. The van der Waals surface area contributed by atoms with Crippen LogP contribution >= 0.6 is 0 Å². The third-order valence-corrected chi connectivity index (χ3v) is 2.79. The van der Waals surface area contributed by atoms with Gasteiger partial charge in [-0.05, 0) is 25.5 Å². The maximum absolute atomic E-state index is 11.7. The van der Waals surface area contributed by atoms with E-state index in [-0.39, 0.29) is 11.9 Å². The van der Waals surface area contributed by atoms with Gasteiger partial charge in [0.05, 0.1) is 17.5 Å². The van der Waals surface area contributed by atoms with E-state index < -0.39 is 0 Å². The first-order chi connectivity index (χ1) is 8.19. The molecule has 0 radical (unpaired) electrons. The molecule has 0 saturated carbocycles. The fraction of sp³-hybridized carbons (Fsp3) is 0.385. The maximum atomic E-state index is 11.7. The number of aromatic nitrogens is 2. The maximum Gasteiger partial charge on any atom is 0.227 e. The van der Waals surface area contributed by atoms with Crippen LogP contribution in [0.1, 0.15) is 26.1 Å². The summed E-state index contributed by atoms with van der Waals surface area (Å²) >= 11 is 0. The second-order valence-electron chi connectivity index (χ2n) is 4.25. The molecule has 0 fully saturated rings. The third kappa shape index (κ3) is 2.84. The molecule has 2 rings (SSSR count). The predicted octanol–water partition coefficient (Wildman–Crippen LogP) is 2.02. The highest BCUT2D eigenvalue weighted by Gasteiger charge is 2.09. The molecule has 1 aromatic heterocycles. The number of benzene rings is 1. The van der Waals surface area contributed by atoms with Crippen LogP contribution in [0.5, 0.6) is 0 Å². The molecule has 0 aliphatic rings. The van der Waals surface area contributed by atoms with Gasteiger partial charge in [0.25, 0.3) is 0 Å². The minimum absolute atomic E-state index is 0.0124. The average molecular weight is 231 g/mol. The third-order valence-electron chi connectivity index (χ3n) is 2.79. The molecule has 1 heterocycles. The summed E-state index contributed by atoms with van der Waals surface area (Å²) in [5.41, 5.74) is 1.87. The number of nitrogens with one attached hydrogen (secondary N) is 2. The van der Waals surface area contributed by atoms with Crippen LogP contribution < -0.4 is 5.32 Å². The fourth-order valence-corrected chi connectivity index (χ4v) is 1.67. The SMILES string of the molecule is CCC(C)NC(=O)Cc1nc2ccccc2[nH]1. The van der Waals surface area contributed by atoms with E-state index in [0.29, 0.717) is 12.2 Å². The summed E-state index contributed by atoms with van der Waals surface area (Å²) in [7, 11) is 0. The average Bonchev–Trinajstić information content (AvgIpc) is 2.70. The quantitative estimate of drug-likeness (QED) is 0.845. The van der Waals surface area contributed by atoms with Crippen molar-refractivity contribution in [3.8, 4) is 0 Å². The largest absolute Gasteiger partial charge is 0.353 e. The van der Waals surface area contributed by atoms with Crippen LogP contribution in [-0.2, 0) is 11.2 Å². The number of hydrogen-bond donors (Lipinski definition) is 2. The summed E-state index contributed by atoms with van der Waals surface area (Å²) in [5, 5.41) is 2.92. The molecule has 1 unspecified atom stereocenters. The van der Waals surface area contributed by atoms with Gasteiger partial charge in [-0.1, -0.05) is 19.1 Å². The Morgan fingerprint density at radius 1 is 1.47 bits per heavy atom. The van der Waals surface area contributed by atoms with Gasteiger partial charge in [-0.2, -0.15) is 0 Å². The number of nitrogens with zero attached hydrogens (tertiary/aromatic N) is 1. The number of para-hydroxylation sites is 2. The molecule has 0 aliphatic carbocycles. The van der Waals surface area contributed by atoms with Gasteiger partial charge in [-0.25, -0.2) is 4.98 Å². The van der Waals surface area contributed by atoms with Gasteiger partial charge < -0.3 is 10.3 Å². The van der Waals surface area contributed by atoms with Crippen molar-refractivity contribution in [1.82, 2.24) is 15.3 Å². The number of hydrogen-bond acceptors (Lipinski definition) is 2. The molecular formula is C13H17N3O. The van der Waals surface area contributed by atoms with E-state index in [4.69, 9.17) is 0 Å². The van der Waals surface area contributed by atoms with E-state index in [1.807, 2.05) is 38.1 Å². The topological polar surface area (TPSA) is 57.8 Å². The van der Waals surface area contributed by atoms with Crippen molar-refractivity contribution in [1.29, 1.82) is 0 Å². The monoisotopic (exact) mass is 231 g/mol. The molecule has 4 heteroatoms. The number of amides is 1. The molecule has 2 N–H and O–H groups in total. The zero-order valence-electron chi connectivity index (χ0n) is 10.2. The standard InChI is InChI=1S/C13H17N3O/c1-3-9(2)14-13(17)8-12-15-10-6-4-5-7-11(10)16-12/h4-7,9H,3,8H2,1-2H3,(H,14,17)(H,15,16). The van der Waals surface area contributed by atoms with Gasteiger partial charge >= 0.3 is 0 Å². The van der Waals surface area contributed by atoms with E-state index >= 15 is 0 Å². The minimum Gasteiger partial charge on any atom is -0.353 e. The highest BCUT2D eigenvalue weighted by Crippen LogP contribution is 2.10. The zero-order chi connectivity index (χ0) is 12.3. The molecule has 4 nitrogen and oxygen atoms in total. The van der Waals surface area contributed by atoms with Gasteiger partial charge in [0, 0.05) is 6.04 Å². The van der Waals surface area contributed by atoms with Crippen molar-refractivity contribution >= 4 is 16.9 Å². The lowest BCUT2D eigenvalue weighted by atomic mass is 10.2. The molecule has 0 aliphatic heterocycles. The van der Waals surface area contributed by atoms with E-state index in [1.165, 1.54) is 0 Å². The normalized spacial score (nSPS) is 12.6. The summed E-state index contributed by atoms with van der Waals surface area (Å²) in [4.78, 5) is 19.2. The van der Waals surface area contributed by atoms with E-state index in [9.17, 15) is 4.79 Å². The van der Waals surface area contributed by atoms with E-state index in [2.05, 4.69) is 15.3 Å². The fourth-order valence-electron chi connectivity index (χ4n) is 1.67. The summed E-state index contributed by atoms with van der Waals surface area (Å²) in [6.45, 7) is 4.04. The highest BCUT2D eigenvalue weighted by molar-refractivity contribution is 5.80. The zero-order valence-corrected chi connectivity index (χ0v) is 10.2. The summed E-state index contributed by atoms with van der Waals surface area (Å²) in [6, 6.07) is 7.99. The minimum atomic E-state index is 0.0124. The number of fused-ring (bicyclic) bond motifs is 1. The van der Waals surface area contributed by atoms with E-state index in [0.717, 1.165) is 17.5 Å². The van der Waals surface area contributed by atoms with Gasteiger partial charge in [0.15, 0.2) is 0 Å². The van der Waals surface area contributed by atoms with Crippen molar-refractivity contribution in [2.24, 2.45) is 0 Å². The smallest absolute Gasteiger partial charge is 0.227 e. The van der Waals surface area contributed by atoms with Gasteiger partial charge in [-0.15, -0.1) is 0 Å². The lowest BCUT2D eigenvalue weighted by Gasteiger charge is -2.09. The lowest BCUT2D eigenvalue weighted by molar-refractivity contribution is -0.121. The number of aromatic amines is 1. The molecule has 90 valence electrons.